The van der Waals surface area contributed by atoms with E-state index in [-0.39, 0.29) is 6.61 Å². The maximum Gasteiger partial charge on any atom is 0.407 e. The van der Waals surface area contributed by atoms with Gasteiger partial charge in [0.1, 0.15) is 87.9 Å². The maximum atomic E-state index is 15.0. The zero-order valence-corrected chi connectivity index (χ0v) is 56.9. The van der Waals surface area contributed by atoms with E-state index >= 15 is 4.79 Å². The Balaban J connectivity index is 2.18. The number of carbonyl (C=O) groups is 15. The van der Waals surface area contributed by atoms with Crippen LogP contribution in [0.25, 0.3) is 0 Å². The fraction of sp³-hybridized carbons (Fsp3) is 0.717. The average molecular weight is 1430 g/mol. The Morgan fingerprint density at radius 3 is 1.37 bits per heavy atom. The Morgan fingerprint density at radius 2 is 0.919 bits per heavy atom. The monoisotopic (exact) mass is 1420 g/mol. The molecule has 0 bridgehead atoms. The Morgan fingerprint density at radius 1 is 0.475 bits per heavy atom. The first-order chi connectivity index (χ1) is 46.4. The Kier molecular flexibility index (Phi) is 32.2. The van der Waals surface area contributed by atoms with Crippen molar-refractivity contribution >= 4 is 89.6 Å². The topological polar surface area (TPSA) is 483 Å². The van der Waals surface area contributed by atoms with Crippen molar-refractivity contribution in [2.24, 2.45) is 0 Å². The van der Waals surface area contributed by atoms with Crippen LogP contribution in [0.15, 0.2) is 12.7 Å². The maximum absolute atomic E-state index is 15.0. The molecular formula is C60H84N2O37. The average Bonchev–Trinajstić information content (AvgIpc) is 0.748. The number of ether oxygens (including phenoxy) is 22. The molecule has 4 aliphatic rings. The lowest BCUT2D eigenvalue weighted by atomic mass is 9.87. The second-order valence-corrected chi connectivity index (χ2v) is 22.1. The van der Waals surface area contributed by atoms with Crippen LogP contribution in [-0.2, 0) is 171 Å². The number of nitrogens with one attached hydrogen (secondary N) is 2. The zero-order valence-electron chi connectivity index (χ0n) is 56.9. The first-order valence-electron chi connectivity index (χ1n) is 30.5. The van der Waals surface area contributed by atoms with Gasteiger partial charge in [0.15, 0.2) is 61.6 Å². The van der Waals surface area contributed by atoms with Crippen molar-refractivity contribution in [1.29, 1.82) is 0 Å². The fourth-order valence-electron chi connectivity index (χ4n) is 10.8. The molecule has 4 aliphatic heterocycles. The number of alkyl carbamates (subject to hydrolysis) is 1. The van der Waals surface area contributed by atoms with Crippen LogP contribution in [0.3, 0.4) is 0 Å². The molecule has 4 saturated heterocycles. The molecule has 39 heteroatoms. The summed E-state index contributed by atoms with van der Waals surface area (Å²) in [6, 6.07) is -3.87. The highest BCUT2D eigenvalue weighted by Crippen LogP contribution is 2.43. The third kappa shape index (κ3) is 24.9. The zero-order chi connectivity index (χ0) is 74.3. The summed E-state index contributed by atoms with van der Waals surface area (Å²) < 4.78 is 129. The predicted molar refractivity (Wildman–Crippen MR) is 314 cm³/mol. The SMILES string of the molecule is C=CCOC(=O)N[C@H]1[C@H](O[C@H]2[C@@H](OC(C)=O)[C@@H](COC(C)=O)O[C@@H](OCC)[C@@H]2OC(C)=O)O[C@H](COC(C)=O)[C@@H](O[C@@H]2O[C@H](COC(C)=O)[C@H](OC(C)=O)[C@H](O[C@]3(C(=O)OC)C[C@H](OC(C)=O)[C@@H](NC(C)=O)[C@H]([C@H](OC(C)=O)[C@@H](COC(C)=O)OC(C)=O)O3)[C@H]2OC(C)=O)[C@@H]1OC(C)=O. The molecule has 0 unspecified atom stereocenters. The molecule has 556 valence electrons. The molecule has 0 spiro atoms. The molecule has 39 nitrogen and oxygen atoms in total. The Bertz CT molecular complexity index is 2920. The number of rotatable bonds is 31. The van der Waals surface area contributed by atoms with Gasteiger partial charge in [0.05, 0.1) is 19.6 Å². The molecule has 99 heavy (non-hydrogen) atoms. The molecule has 4 rings (SSSR count). The molecule has 0 aliphatic carbocycles. The summed E-state index contributed by atoms with van der Waals surface area (Å²) in [5.41, 5.74) is 0. The van der Waals surface area contributed by atoms with Gasteiger partial charge < -0.3 is 115 Å². The van der Waals surface area contributed by atoms with Gasteiger partial charge in [0.2, 0.25) is 5.91 Å². The number of amides is 2. The van der Waals surface area contributed by atoms with Gasteiger partial charge in [-0.1, -0.05) is 12.7 Å². The van der Waals surface area contributed by atoms with Crippen molar-refractivity contribution in [3.63, 3.8) is 0 Å². The number of carbonyl (C=O) groups excluding carboxylic acids is 15. The fourth-order valence-corrected chi connectivity index (χ4v) is 10.8. The van der Waals surface area contributed by atoms with Gasteiger partial charge in [-0.05, 0) is 6.92 Å². The second kappa shape index (κ2) is 38.6. The van der Waals surface area contributed by atoms with E-state index < -0.39 is 257 Å². The number of hydrogen-bond acceptors (Lipinski definition) is 37. The van der Waals surface area contributed by atoms with Crippen LogP contribution in [0.5, 0.6) is 0 Å². The van der Waals surface area contributed by atoms with Crippen LogP contribution >= 0.6 is 0 Å². The summed E-state index contributed by atoms with van der Waals surface area (Å²) in [4.78, 5) is 198. The first kappa shape index (κ1) is 82.7. The van der Waals surface area contributed by atoms with E-state index in [4.69, 9.17) is 104 Å². The summed E-state index contributed by atoms with van der Waals surface area (Å²) in [7, 11) is 0.787. The largest absolute Gasteiger partial charge is 0.465 e. The van der Waals surface area contributed by atoms with Gasteiger partial charge in [0, 0.05) is 96.6 Å². The predicted octanol–water partition coefficient (Wildman–Crippen LogP) is -1.50. The normalized spacial score (nSPS) is 30.0. The minimum absolute atomic E-state index is 0.156. The van der Waals surface area contributed by atoms with Gasteiger partial charge in [0.25, 0.3) is 5.79 Å². The van der Waals surface area contributed by atoms with Gasteiger partial charge in [-0.15, -0.1) is 0 Å². The van der Waals surface area contributed by atoms with Crippen molar-refractivity contribution < 1.29 is 176 Å². The van der Waals surface area contributed by atoms with Crippen LogP contribution in [0.4, 0.5) is 4.79 Å². The van der Waals surface area contributed by atoms with Gasteiger partial charge >= 0.3 is 83.7 Å². The standard InChI is InChI=1S/C60H84N2O37/c1-17-19-80-59(77)62-44-49(90-35(13)73)45(40(22-82-27(5)65)93-55(44)97-51-47(88-33(11)71)41(23-83-28(6)66)94-56(79-18-2)53(51)91-36(14)74)96-57-54(92-37(15)75)52(48(89-34(12)72)42(95-57)24-84-29(7)67)99-60(58(76)78-16)20-38(85-30(8)68)43(61-25(3)63)50(98-60)46(87-32(10)70)39(86-31(9)69)21-81-26(4)64/h17,38-57H,1,18-24H2,2-16H3,(H,61,63)(H,62,77)/t38-,39+,40+,41+,42+,43+,44+,45+,46+,47-,48-,49+,50+,51-,52-,53+,54+,55-,56+,57-,60-/m0/s1. The highest BCUT2D eigenvalue weighted by atomic mass is 16.8. The minimum atomic E-state index is -3.28. The summed E-state index contributed by atoms with van der Waals surface area (Å²) in [5.74, 6) is -18.8. The van der Waals surface area contributed by atoms with E-state index in [1.165, 1.54) is 6.92 Å². The summed E-state index contributed by atoms with van der Waals surface area (Å²) in [6.45, 7) is 12.8. The molecule has 0 aromatic carbocycles. The lowest BCUT2D eigenvalue weighted by molar-refractivity contribution is -0.387. The summed E-state index contributed by atoms with van der Waals surface area (Å²) in [5, 5.41) is 4.93. The van der Waals surface area contributed by atoms with E-state index in [9.17, 15) is 67.1 Å². The smallest absolute Gasteiger partial charge is 0.407 e. The van der Waals surface area contributed by atoms with E-state index in [2.05, 4.69) is 17.2 Å². The van der Waals surface area contributed by atoms with E-state index in [0.29, 0.717) is 0 Å². The summed E-state index contributed by atoms with van der Waals surface area (Å²) >= 11 is 0. The molecule has 0 aromatic rings. The van der Waals surface area contributed by atoms with Gasteiger partial charge in [-0.2, -0.15) is 0 Å². The molecule has 0 aromatic heterocycles. The van der Waals surface area contributed by atoms with Gasteiger partial charge in [-0.3, -0.25) is 62.3 Å². The Hall–Kier alpha value is -8.73. The number of esters is 13. The van der Waals surface area contributed by atoms with Crippen molar-refractivity contribution in [3.8, 4) is 0 Å². The lowest BCUT2D eigenvalue weighted by Crippen LogP contribution is -2.72. The van der Waals surface area contributed by atoms with Crippen LogP contribution in [0.2, 0.25) is 0 Å². The minimum Gasteiger partial charge on any atom is -0.465 e. The molecule has 2 N–H and O–H groups in total. The number of hydrogen-bond donors (Lipinski definition) is 2. The van der Waals surface area contributed by atoms with Crippen molar-refractivity contribution in [2.45, 2.75) is 232 Å². The van der Waals surface area contributed by atoms with Crippen molar-refractivity contribution in [2.75, 3.05) is 46.8 Å². The molecule has 0 saturated carbocycles. The lowest BCUT2D eigenvalue weighted by Gasteiger charge is -2.53. The Labute approximate surface area is 566 Å². The number of methoxy groups -OCH3 is 1. The van der Waals surface area contributed by atoms with Crippen molar-refractivity contribution in [3.05, 3.63) is 12.7 Å². The highest BCUT2D eigenvalue weighted by molar-refractivity contribution is 5.79. The quantitative estimate of drug-likeness (QED) is 0.0453. The van der Waals surface area contributed by atoms with Gasteiger partial charge in [-0.25, -0.2) is 9.59 Å². The molecule has 21 atom stereocenters. The molecule has 4 heterocycles. The molecule has 0 radical (unpaired) electrons. The summed E-state index contributed by atoms with van der Waals surface area (Å²) in [6.07, 6.45) is -38.1. The third-order valence-electron chi connectivity index (χ3n) is 14.0. The molecular weight excluding hydrogens is 1340 g/mol. The molecule has 4 fully saturated rings. The van der Waals surface area contributed by atoms with Crippen LogP contribution in [0, 0.1) is 0 Å². The van der Waals surface area contributed by atoms with E-state index in [1.807, 2.05) is 0 Å². The van der Waals surface area contributed by atoms with E-state index in [0.717, 1.165) is 103 Å². The van der Waals surface area contributed by atoms with Crippen molar-refractivity contribution in [1.82, 2.24) is 10.6 Å². The van der Waals surface area contributed by atoms with Crippen LogP contribution in [-0.4, -0.2) is 265 Å². The van der Waals surface area contributed by atoms with E-state index in [1.54, 1.807) is 0 Å². The van der Waals surface area contributed by atoms with Crippen LogP contribution in [0.1, 0.15) is 103 Å². The second-order valence-electron chi connectivity index (χ2n) is 22.1. The third-order valence-corrected chi connectivity index (χ3v) is 14.0. The van der Waals surface area contributed by atoms with Crippen LogP contribution < -0.4 is 10.6 Å². The highest BCUT2D eigenvalue weighted by Gasteiger charge is 2.65. The molecule has 2 amide bonds. The first-order valence-corrected chi connectivity index (χ1v) is 30.5.